The van der Waals surface area contributed by atoms with Gasteiger partial charge in [0.15, 0.2) is 11.5 Å². The minimum atomic E-state index is -0.325. The number of nitrogens with one attached hydrogen (secondary N) is 1. The minimum Gasteiger partial charge on any atom is -0.325 e. The van der Waals surface area contributed by atoms with Crippen LogP contribution in [0.4, 0.5) is 5.69 Å². The van der Waals surface area contributed by atoms with Gasteiger partial charge >= 0.3 is 0 Å². The Morgan fingerprint density at radius 1 is 1.03 bits per heavy atom. The average Bonchev–Trinajstić information content (AvgIpc) is 3.16. The third-order valence-corrected chi connectivity index (χ3v) is 4.91. The molecule has 0 saturated heterocycles. The number of fused-ring (bicyclic) bond motifs is 2. The molecule has 1 N–H and O–H groups in total. The number of aryl methyl sites for hydroxylation is 1. The summed E-state index contributed by atoms with van der Waals surface area (Å²) in [6, 6.07) is 18.1. The standard InChI is InChI=1S/C22H17N7O2/c1-14-25-26-20-10-9-18(27-29(14)20)15-5-4-6-16(11-15)24-21(30)12-28-13-23-19-8-3-2-7-17(19)22(28)31/h2-11,13H,12H2,1H3,(H,24,30). The molecule has 5 rings (SSSR count). The van der Waals surface area contributed by atoms with Crippen LogP contribution in [0.2, 0.25) is 0 Å². The molecule has 0 radical (unpaired) electrons. The number of hydrogen-bond acceptors (Lipinski definition) is 6. The maximum absolute atomic E-state index is 12.6. The lowest BCUT2D eigenvalue weighted by Crippen LogP contribution is -2.27. The van der Waals surface area contributed by atoms with Crippen LogP contribution in [0, 0.1) is 6.92 Å². The first kappa shape index (κ1) is 18.6. The smallest absolute Gasteiger partial charge is 0.261 e. The van der Waals surface area contributed by atoms with Crippen molar-refractivity contribution in [2.24, 2.45) is 0 Å². The summed E-state index contributed by atoms with van der Waals surface area (Å²) in [4.78, 5) is 29.4. The number of nitrogens with zero attached hydrogens (tertiary/aromatic N) is 6. The lowest BCUT2D eigenvalue weighted by atomic mass is 10.1. The highest BCUT2D eigenvalue weighted by Gasteiger charge is 2.10. The largest absolute Gasteiger partial charge is 0.325 e. The maximum Gasteiger partial charge on any atom is 0.261 e. The normalized spacial score (nSPS) is 11.1. The van der Waals surface area contributed by atoms with Gasteiger partial charge in [-0.15, -0.1) is 10.2 Å². The number of benzene rings is 2. The number of hydrogen-bond donors (Lipinski definition) is 1. The van der Waals surface area contributed by atoms with Gasteiger partial charge in [0.2, 0.25) is 5.91 Å². The summed E-state index contributed by atoms with van der Waals surface area (Å²) in [5, 5.41) is 15.9. The van der Waals surface area contributed by atoms with Gasteiger partial charge in [0.25, 0.3) is 5.56 Å². The van der Waals surface area contributed by atoms with E-state index in [1.54, 1.807) is 28.8 Å². The van der Waals surface area contributed by atoms with Gasteiger partial charge in [-0.2, -0.15) is 9.61 Å². The van der Waals surface area contributed by atoms with Gasteiger partial charge in [0, 0.05) is 11.3 Å². The summed E-state index contributed by atoms with van der Waals surface area (Å²) < 4.78 is 2.96. The average molecular weight is 411 g/mol. The summed E-state index contributed by atoms with van der Waals surface area (Å²) in [6.07, 6.45) is 1.39. The number of anilines is 1. The predicted octanol–water partition coefficient (Wildman–Crippen LogP) is 2.45. The van der Waals surface area contributed by atoms with Crippen molar-refractivity contribution < 1.29 is 4.79 Å². The molecule has 152 valence electrons. The molecule has 0 bridgehead atoms. The van der Waals surface area contributed by atoms with E-state index < -0.39 is 0 Å². The molecular weight excluding hydrogens is 394 g/mol. The number of carbonyl (C=O) groups excluding carboxylic acids is 1. The zero-order valence-electron chi connectivity index (χ0n) is 16.6. The van der Waals surface area contributed by atoms with E-state index in [1.807, 2.05) is 43.3 Å². The van der Waals surface area contributed by atoms with Crippen LogP contribution >= 0.6 is 0 Å². The molecule has 0 spiro atoms. The van der Waals surface area contributed by atoms with Gasteiger partial charge in [-0.05, 0) is 43.3 Å². The Balaban J connectivity index is 1.38. The van der Waals surface area contributed by atoms with Crippen LogP contribution in [0.25, 0.3) is 27.8 Å². The second-order valence-electron chi connectivity index (χ2n) is 7.06. The monoisotopic (exact) mass is 411 g/mol. The number of para-hydroxylation sites is 1. The van der Waals surface area contributed by atoms with Gasteiger partial charge < -0.3 is 5.32 Å². The molecule has 3 aromatic heterocycles. The van der Waals surface area contributed by atoms with Crippen LogP contribution in [-0.4, -0.2) is 35.3 Å². The highest BCUT2D eigenvalue weighted by molar-refractivity contribution is 5.91. The topological polar surface area (TPSA) is 107 Å². The van der Waals surface area contributed by atoms with E-state index in [0.717, 1.165) is 11.3 Å². The highest BCUT2D eigenvalue weighted by Crippen LogP contribution is 2.21. The van der Waals surface area contributed by atoms with Crippen molar-refractivity contribution in [1.29, 1.82) is 0 Å². The molecular formula is C22H17N7O2. The van der Waals surface area contributed by atoms with Crippen molar-refractivity contribution in [2.75, 3.05) is 5.32 Å². The molecule has 0 unspecified atom stereocenters. The zero-order chi connectivity index (χ0) is 21.4. The number of rotatable bonds is 4. The first-order valence-electron chi connectivity index (χ1n) is 9.62. The fourth-order valence-electron chi connectivity index (χ4n) is 3.38. The summed E-state index contributed by atoms with van der Waals surface area (Å²) in [6.45, 7) is 1.70. The molecule has 0 aliphatic rings. The third-order valence-electron chi connectivity index (χ3n) is 4.91. The van der Waals surface area contributed by atoms with E-state index in [1.165, 1.54) is 10.9 Å². The van der Waals surface area contributed by atoms with E-state index in [-0.39, 0.29) is 18.0 Å². The van der Waals surface area contributed by atoms with Gasteiger partial charge in [0.1, 0.15) is 6.54 Å². The molecule has 0 saturated carbocycles. The van der Waals surface area contributed by atoms with Crippen molar-refractivity contribution in [2.45, 2.75) is 13.5 Å². The molecule has 2 aromatic carbocycles. The first-order chi connectivity index (χ1) is 15.1. The Morgan fingerprint density at radius 3 is 2.81 bits per heavy atom. The number of carbonyl (C=O) groups is 1. The zero-order valence-corrected chi connectivity index (χ0v) is 16.6. The summed E-state index contributed by atoms with van der Waals surface area (Å²) in [5.74, 6) is 0.366. The molecule has 3 heterocycles. The molecule has 9 heteroatoms. The van der Waals surface area contributed by atoms with E-state index in [4.69, 9.17) is 0 Å². The molecule has 0 aliphatic carbocycles. The van der Waals surface area contributed by atoms with E-state index >= 15 is 0 Å². The predicted molar refractivity (Wildman–Crippen MR) is 116 cm³/mol. The van der Waals surface area contributed by atoms with E-state index in [0.29, 0.717) is 28.1 Å². The Bertz CT molecular complexity index is 1500. The number of amides is 1. The van der Waals surface area contributed by atoms with Crippen molar-refractivity contribution in [3.63, 3.8) is 0 Å². The maximum atomic E-state index is 12.6. The van der Waals surface area contributed by atoms with Gasteiger partial charge in [0.05, 0.1) is 22.9 Å². The summed E-state index contributed by atoms with van der Waals surface area (Å²) in [5.41, 5.74) is 3.17. The minimum absolute atomic E-state index is 0.134. The fraction of sp³-hybridized carbons (Fsp3) is 0.0909. The fourth-order valence-corrected chi connectivity index (χ4v) is 3.38. The van der Waals surface area contributed by atoms with Crippen LogP contribution in [0.3, 0.4) is 0 Å². The van der Waals surface area contributed by atoms with Crippen LogP contribution in [0.5, 0.6) is 0 Å². The van der Waals surface area contributed by atoms with Crippen LogP contribution in [-0.2, 0) is 11.3 Å². The van der Waals surface area contributed by atoms with Crippen molar-refractivity contribution in [3.05, 3.63) is 83.2 Å². The summed E-state index contributed by atoms with van der Waals surface area (Å²) >= 11 is 0. The van der Waals surface area contributed by atoms with Crippen LogP contribution in [0.15, 0.2) is 71.8 Å². The first-order valence-corrected chi connectivity index (χ1v) is 9.62. The Kier molecular flexibility index (Phi) is 4.47. The van der Waals surface area contributed by atoms with Gasteiger partial charge in [-0.1, -0.05) is 24.3 Å². The van der Waals surface area contributed by atoms with Crippen molar-refractivity contribution in [3.8, 4) is 11.3 Å². The molecule has 0 aliphatic heterocycles. The van der Waals surface area contributed by atoms with Crippen molar-refractivity contribution in [1.82, 2.24) is 29.4 Å². The SMILES string of the molecule is Cc1nnc2ccc(-c3cccc(NC(=O)Cn4cnc5ccccc5c4=O)c3)nn12. The summed E-state index contributed by atoms with van der Waals surface area (Å²) in [7, 11) is 0. The molecule has 9 nitrogen and oxygen atoms in total. The van der Waals surface area contributed by atoms with Gasteiger partial charge in [-0.3, -0.25) is 14.2 Å². The van der Waals surface area contributed by atoms with E-state index in [9.17, 15) is 9.59 Å². The lowest BCUT2D eigenvalue weighted by molar-refractivity contribution is -0.116. The molecule has 31 heavy (non-hydrogen) atoms. The van der Waals surface area contributed by atoms with Crippen LogP contribution in [0.1, 0.15) is 5.82 Å². The molecule has 1 amide bonds. The molecule has 0 atom stereocenters. The Labute approximate surface area is 176 Å². The van der Waals surface area contributed by atoms with Crippen molar-refractivity contribution >= 4 is 28.1 Å². The Hall–Kier alpha value is -4.40. The highest BCUT2D eigenvalue weighted by atomic mass is 16.2. The molecule has 5 aromatic rings. The van der Waals surface area contributed by atoms with Gasteiger partial charge in [-0.25, -0.2) is 4.98 Å². The third kappa shape index (κ3) is 3.52. The quantitative estimate of drug-likeness (QED) is 0.487. The number of aromatic nitrogens is 6. The second kappa shape index (κ2) is 7.45. The molecule has 0 fully saturated rings. The van der Waals surface area contributed by atoms with Crippen LogP contribution < -0.4 is 10.9 Å². The lowest BCUT2D eigenvalue weighted by Gasteiger charge is -2.09. The Morgan fingerprint density at radius 2 is 1.90 bits per heavy atom. The van der Waals surface area contributed by atoms with E-state index in [2.05, 4.69) is 25.6 Å². The second-order valence-corrected chi connectivity index (χ2v) is 7.06.